The number of nitrogens with two attached hydrogens (primary N) is 1. The van der Waals surface area contributed by atoms with Crippen LogP contribution in [0.15, 0.2) is 57.2 Å². The topological polar surface area (TPSA) is 80.6 Å². The highest BCUT2D eigenvalue weighted by atomic mass is 32.2. The van der Waals surface area contributed by atoms with Crippen molar-refractivity contribution in [2.24, 2.45) is 22.4 Å². The van der Waals surface area contributed by atoms with Crippen molar-refractivity contribution in [2.75, 3.05) is 23.9 Å². The van der Waals surface area contributed by atoms with E-state index in [9.17, 15) is 0 Å². The van der Waals surface area contributed by atoms with Gasteiger partial charge < -0.3 is 11.1 Å². The third-order valence-electron chi connectivity index (χ3n) is 5.81. The Balaban J connectivity index is 1.71. The molecule has 2 aromatic rings. The molecule has 7 heteroatoms. The van der Waals surface area contributed by atoms with Crippen LogP contribution in [0.4, 0.5) is 11.4 Å². The molecule has 2 heterocycles. The number of aliphatic imine (C=N–C) groups is 2. The average molecular weight is 409 g/mol. The number of anilines is 2. The minimum Gasteiger partial charge on any atom is -0.399 e. The molecular weight excluding hydrogens is 380 g/mol. The Kier molecular flexibility index (Phi) is 5.25. The Morgan fingerprint density at radius 2 is 2.21 bits per heavy atom. The van der Waals surface area contributed by atoms with E-state index in [2.05, 4.69) is 42.7 Å². The van der Waals surface area contributed by atoms with Crippen LogP contribution in [0.1, 0.15) is 38.2 Å². The zero-order valence-electron chi connectivity index (χ0n) is 17.4. The molecule has 4 rings (SSSR count). The summed E-state index contributed by atoms with van der Waals surface area (Å²) in [4.78, 5) is 11.3. The highest BCUT2D eigenvalue weighted by molar-refractivity contribution is 8.02. The summed E-state index contributed by atoms with van der Waals surface area (Å²) in [6.45, 7) is 5.12. The molecule has 1 saturated carbocycles. The Labute approximate surface area is 176 Å². The van der Waals surface area contributed by atoms with Gasteiger partial charge in [0.25, 0.3) is 0 Å². The number of hydrogen-bond donors (Lipinski definition) is 2. The first-order valence-corrected chi connectivity index (χ1v) is 11.2. The lowest BCUT2D eigenvalue weighted by atomic mass is 9.96. The van der Waals surface area contributed by atoms with E-state index in [0.29, 0.717) is 12.5 Å². The number of nitrogens with zero attached hydrogens (tertiary/aromatic N) is 4. The Morgan fingerprint density at radius 1 is 1.38 bits per heavy atom. The van der Waals surface area contributed by atoms with Gasteiger partial charge in [-0.3, -0.25) is 9.67 Å². The number of nitrogen functional groups attached to an aromatic ring is 1. The summed E-state index contributed by atoms with van der Waals surface area (Å²) in [6, 6.07) is 8.25. The van der Waals surface area contributed by atoms with Gasteiger partial charge in [-0.15, -0.1) is 11.8 Å². The number of amidine groups is 1. The van der Waals surface area contributed by atoms with Crippen LogP contribution in [0.3, 0.4) is 0 Å². The van der Waals surface area contributed by atoms with E-state index >= 15 is 0 Å². The number of allylic oxidation sites excluding steroid dienone is 1. The first kappa shape index (κ1) is 19.8. The van der Waals surface area contributed by atoms with Crippen LogP contribution in [-0.2, 0) is 7.05 Å². The Bertz CT molecular complexity index is 1020. The van der Waals surface area contributed by atoms with Gasteiger partial charge in [0.15, 0.2) is 5.84 Å². The fourth-order valence-electron chi connectivity index (χ4n) is 4.05. The fourth-order valence-corrected chi connectivity index (χ4v) is 4.72. The molecule has 1 aliphatic carbocycles. The third kappa shape index (κ3) is 3.83. The smallest absolute Gasteiger partial charge is 0.152 e. The van der Waals surface area contributed by atoms with E-state index in [0.717, 1.165) is 41.5 Å². The predicted molar refractivity (Wildman–Crippen MR) is 124 cm³/mol. The van der Waals surface area contributed by atoms with Gasteiger partial charge in [-0.05, 0) is 42.7 Å². The summed E-state index contributed by atoms with van der Waals surface area (Å²) in [6.07, 6.45) is 7.78. The molecule has 2 unspecified atom stereocenters. The molecule has 2 atom stereocenters. The average Bonchev–Trinajstić information content (AvgIpc) is 3.29. The van der Waals surface area contributed by atoms with Crippen molar-refractivity contribution in [3.05, 3.63) is 52.8 Å². The van der Waals surface area contributed by atoms with Gasteiger partial charge in [-0.1, -0.05) is 26.0 Å². The minimum atomic E-state index is -0.00723. The van der Waals surface area contributed by atoms with Crippen molar-refractivity contribution < 1.29 is 0 Å². The lowest BCUT2D eigenvalue weighted by molar-refractivity contribution is 0.644. The van der Waals surface area contributed by atoms with Gasteiger partial charge in [0.2, 0.25) is 0 Å². The van der Waals surface area contributed by atoms with E-state index in [1.165, 1.54) is 10.5 Å². The second-order valence-corrected chi connectivity index (χ2v) is 8.83. The maximum Gasteiger partial charge on any atom is 0.152 e. The van der Waals surface area contributed by atoms with Crippen LogP contribution in [0.2, 0.25) is 0 Å². The number of thioether (sulfide) groups is 1. The van der Waals surface area contributed by atoms with Crippen molar-refractivity contribution in [3.63, 3.8) is 0 Å². The number of rotatable bonds is 5. The molecule has 152 valence electrons. The second kappa shape index (κ2) is 7.71. The van der Waals surface area contributed by atoms with E-state index in [1.807, 2.05) is 31.6 Å². The van der Waals surface area contributed by atoms with Gasteiger partial charge in [-0.25, -0.2) is 4.99 Å². The summed E-state index contributed by atoms with van der Waals surface area (Å²) in [5.74, 6) is 1.26. The number of hydrogen-bond acceptors (Lipinski definition) is 6. The summed E-state index contributed by atoms with van der Waals surface area (Å²) >= 11 is 1.76. The Morgan fingerprint density at radius 3 is 2.86 bits per heavy atom. The fraction of sp³-hybridized carbons (Fsp3) is 0.409. The molecule has 3 N–H and O–H groups in total. The molecule has 0 radical (unpaired) electrons. The summed E-state index contributed by atoms with van der Waals surface area (Å²) < 4.78 is 1.78. The molecule has 2 aliphatic rings. The highest BCUT2D eigenvalue weighted by Crippen LogP contribution is 2.65. The molecular formula is C22H28N6S. The monoisotopic (exact) mass is 408 g/mol. The van der Waals surface area contributed by atoms with Crippen LogP contribution < -0.4 is 11.1 Å². The van der Waals surface area contributed by atoms with Crippen LogP contribution in [0, 0.1) is 5.41 Å². The van der Waals surface area contributed by atoms with E-state index in [-0.39, 0.29) is 5.41 Å². The van der Waals surface area contributed by atoms with Crippen molar-refractivity contribution in [2.45, 2.75) is 32.6 Å². The summed E-state index contributed by atoms with van der Waals surface area (Å²) in [5.41, 5.74) is 11.2. The van der Waals surface area contributed by atoms with Crippen LogP contribution in [-0.4, -0.2) is 34.1 Å². The SMILES string of the molecule is CCC1=NCC(SC)=C(C2(C)CC2c2cccc(N)c2)N=C1Nc1cnn(C)c1. The van der Waals surface area contributed by atoms with Gasteiger partial charge >= 0.3 is 0 Å². The molecule has 1 aromatic carbocycles. The normalized spacial score (nSPS) is 24.1. The lowest BCUT2D eigenvalue weighted by Gasteiger charge is -2.17. The van der Waals surface area contributed by atoms with E-state index < -0.39 is 0 Å². The number of nitrogens with one attached hydrogen (secondary N) is 1. The number of benzene rings is 1. The lowest BCUT2D eigenvalue weighted by Crippen LogP contribution is -2.23. The molecule has 1 aromatic heterocycles. The molecule has 0 saturated heterocycles. The van der Waals surface area contributed by atoms with E-state index in [1.54, 1.807) is 16.4 Å². The Hall–Kier alpha value is -2.54. The first-order valence-electron chi connectivity index (χ1n) is 9.95. The van der Waals surface area contributed by atoms with Gasteiger partial charge in [0.1, 0.15) is 0 Å². The first-order chi connectivity index (χ1) is 13.9. The van der Waals surface area contributed by atoms with Crippen molar-refractivity contribution in [3.8, 4) is 0 Å². The van der Waals surface area contributed by atoms with Crippen LogP contribution in [0.5, 0.6) is 0 Å². The molecule has 1 aliphatic heterocycles. The summed E-state index contributed by atoms with van der Waals surface area (Å²) in [7, 11) is 1.91. The quantitative estimate of drug-likeness (QED) is 0.717. The van der Waals surface area contributed by atoms with Crippen molar-refractivity contribution in [1.29, 1.82) is 0 Å². The highest BCUT2D eigenvalue weighted by Gasteiger charge is 2.55. The summed E-state index contributed by atoms with van der Waals surface area (Å²) in [5, 5.41) is 7.71. The van der Waals surface area contributed by atoms with Crippen molar-refractivity contribution in [1.82, 2.24) is 9.78 Å². The molecule has 1 fully saturated rings. The number of aromatic nitrogens is 2. The van der Waals surface area contributed by atoms with Gasteiger partial charge in [0, 0.05) is 29.3 Å². The largest absolute Gasteiger partial charge is 0.399 e. The van der Waals surface area contributed by atoms with Crippen molar-refractivity contribution >= 4 is 34.7 Å². The van der Waals surface area contributed by atoms with Crippen LogP contribution in [0.25, 0.3) is 0 Å². The zero-order valence-corrected chi connectivity index (χ0v) is 18.3. The van der Waals surface area contributed by atoms with Gasteiger partial charge in [-0.2, -0.15) is 5.10 Å². The zero-order chi connectivity index (χ0) is 20.6. The number of aryl methyl sites for hydroxylation is 1. The minimum absolute atomic E-state index is 0.00723. The van der Waals surface area contributed by atoms with Gasteiger partial charge in [0.05, 0.1) is 29.8 Å². The standard InChI is InChI=1S/C22H28N6S/c1-5-18-21(26-16-11-25-28(3)13-16)27-20(19(29-4)12-24-18)22(2)10-17(22)14-7-6-8-15(23)9-14/h6-9,11,13,17H,5,10,12,23H2,1-4H3,(H,26,27). The molecule has 6 nitrogen and oxygen atoms in total. The molecule has 0 spiro atoms. The molecule has 0 amide bonds. The molecule has 29 heavy (non-hydrogen) atoms. The molecule has 0 bridgehead atoms. The van der Waals surface area contributed by atoms with E-state index in [4.69, 9.17) is 15.7 Å². The second-order valence-electron chi connectivity index (χ2n) is 7.92. The third-order valence-corrected chi connectivity index (χ3v) is 6.63. The maximum atomic E-state index is 6.04. The van der Waals surface area contributed by atoms with Crippen LogP contribution >= 0.6 is 11.8 Å². The predicted octanol–water partition coefficient (Wildman–Crippen LogP) is 4.45. The maximum absolute atomic E-state index is 6.04.